The number of likely N-dealkylation sites (N-methyl/N-ethyl adjacent to an activating group) is 1. The van der Waals surface area contributed by atoms with Crippen molar-refractivity contribution < 1.29 is 4.79 Å². The van der Waals surface area contributed by atoms with Crippen molar-refractivity contribution in [3.05, 3.63) is 48.3 Å². The van der Waals surface area contributed by atoms with Crippen molar-refractivity contribution in [2.45, 2.75) is 18.9 Å². The van der Waals surface area contributed by atoms with Crippen LogP contribution in [0.15, 0.2) is 42.7 Å². The first-order chi connectivity index (χ1) is 12.1. The van der Waals surface area contributed by atoms with Gasteiger partial charge in [-0.15, -0.1) is 0 Å². The molecule has 1 unspecified atom stereocenters. The highest BCUT2D eigenvalue weighted by atomic mass is 16.2. The predicted molar refractivity (Wildman–Crippen MR) is 102 cm³/mol. The number of pyridine rings is 1. The monoisotopic (exact) mass is 338 g/mol. The normalized spacial score (nSPS) is 17.4. The van der Waals surface area contributed by atoms with Crippen molar-refractivity contribution in [3.63, 3.8) is 0 Å². The number of benzene rings is 1. The Kier molecular flexibility index (Phi) is 5.34. The molecular formula is C20H26N4O. The number of carbonyl (C=O) groups is 1. The van der Waals surface area contributed by atoms with Crippen LogP contribution in [0.1, 0.15) is 23.2 Å². The number of hydrogen-bond donors (Lipinski definition) is 1. The molecule has 0 saturated carbocycles. The van der Waals surface area contributed by atoms with Gasteiger partial charge in [0.25, 0.3) is 5.91 Å². The molecule has 1 amide bonds. The van der Waals surface area contributed by atoms with Crippen molar-refractivity contribution in [1.29, 1.82) is 0 Å². The fraction of sp³-hybridized carbons (Fsp3) is 0.400. The standard InChI is InChI=1S/C20H26N4O/c1-21-18-5-4-10-24(14-18)20(25)17-11-16(12-22-13-17)15-6-8-19(9-7-15)23(2)3/h6-9,11-13,18,21H,4-5,10,14H2,1-3H3. The third kappa shape index (κ3) is 3.99. The molecule has 1 aromatic carbocycles. The number of anilines is 1. The van der Waals surface area contributed by atoms with Crippen LogP contribution in [0.2, 0.25) is 0 Å². The maximum atomic E-state index is 12.8. The van der Waals surface area contributed by atoms with Crippen LogP contribution in [0.4, 0.5) is 5.69 Å². The molecule has 5 heteroatoms. The summed E-state index contributed by atoms with van der Waals surface area (Å²) in [5.74, 6) is 0.0687. The van der Waals surface area contributed by atoms with Crippen molar-refractivity contribution in [2.24, 2.45) is 0 Å². The highest BCUT2D eigenvalue weighted by Gasteiger charge is 2.23. The summed E-state index contributed by atoms with van der Waals surface area (Å²) >= 11 is 0. The molecule has 0 aliphatic carbocycles. The van der Waals surface area contributed by atoms with Crippen LogP contribution < -0.4 is 10.2 Å². The third-order valence-electron chi connectivity index (χ3n) is 4.82. The highest BCUT2D eigenvalue weighted by Crippen LogP contribution is 2.23. The summed E-state index contributed by atoms with van der Waals surface area (Å²) < 4.78 is 0. The van der Waals surface area contributed by atoms with Gasteiger partial charge in [-0.1, -0.05) is 12.1 Å². The Labute approximate surface area is 149 Å². The van der Waals surface area contributed by atoms with Crippen LogP contribution in [0.3, 0.4) is 0 Å². The van der Waals surface area contributed by atoms with E-state index in [1.54, 1.807) is 6.20 Å². The lowest BCUT2D eigenvalue weighted by Crippen LogP contribution is -2.47. The number of amides is 1. The SMILES string of the molecule is CNC1CCCN(C(=O)c2cncc(-c3ccc(N(C)C)cc3)c2)C1. The average molecular weight is 338 g/mol. The number of hydrogen-bond acceptors (Lipinski definition) is 4. The van der Waals surface area contributed by atoms with Gasteiger partial charge < -0.3 is 15.1 Å². The number of nitrogens with zero attached hydrogens (tertiary/aromatic N) is 3. The summed E-state index contributed by atoms with van der Waals surface area (Å²) in [7, 11) is 6.00. The lowest BCUT2D eigenvalue weighted by atomic mass is 10.0. The minimum atomic E-state index is 0.0687. The maximum Gasteiger partial charge on any atom is 0.255 e. The Balaban J connectivity index is 1.80. The highest BCUT2D eigenvalue weighted by molar-refractivity contribution is 5.95. The van der Waals surface area contributed by atoms with E-state index in [4.69, 9.17) is 0 Å². The number of carbonyl (C=O) groups excluding carboxylic acids is 1. The van der Waals surface area contributed by atoms with Crippen LogP contribution in [0, 0.1) is 0 Å². The number of piperidine rings is 1. The third-order valence-corrected chi connectivity index (χ3v) is 4.82. The van der Waals surface area contributed by atoms with E-state index in [1.165, 1.54) is 0 Å². The van der Waals surface area contributed by atoms with Crippen LogP contribution in [0.5, 0.6) is 0 Å². The molecule has 3 rings (SSSR count). The Morgan fingerprint density at radius 2 is 1.96 bits per heavy atom. The molecule has 2 heterocycles. The molecule has 5 nitrogen and oxygen atoms in total. The fourth-order valence-electron chi connectivity index (χ4n) is 3.25. The lowest BCUT2D eigenvalue weighted by molar-refractivity contribution is 0.0698. The second kappa shape index (κ2) is 7.66. The quantitative estimate of drug-likeness (QED) is 0.931. The number of rotatable bonds is 4. The molecule has 0 bridgehead atoms. The van der Waals surface area contributed by atoms with Gasteiger partial charge in [-0.05, 0) is 43.7 Å². The fourth-order valence-corrected chi connectivity index (χ4v) is 3.25. The van der Waals surface area contributed by atoms with E-state index in [1.807, 2.05) is 38.3 Å². The van der Waals surface area contributed by atoms with Gasteiger partial charge >= 0.3 is 0 Å². The van der Waals surface area contributed by atoms with Crippen LogP contribution in [0.25, 0.3) is 11.1 Å². The molecule has 1 N–H and O–H groups in total. The predicted octanol–water partition coefficient (Wildman–Crippen LogP) is 2.64. The van der Waals surface area contributed by atoms with E-state index in [9.17, 15) is 4.79 Å². The molecule has 0 spiro atoms. The van der Waals surface area contributed by atoms with E-state index in [0.29, 0.717) is 11.6 Å². The van der Waals surface area contributed by atoms with Gasteiger partial charge in [0.15, 0.2) is 0 Å². The van der Waals surface area contributed by atoms with E-state index >= 15 is 0 Å². The molecule has 1 aromatic heterocycles. The number of likely N-dealkylation sites (tertiary alicyclic amines) is 1. The Bertz CT molecular complexity index is 727. The first-order valence-corrected chi connectivity index (χ1v) is 8.78. The molecule has 132 valence electrons. The largest absolute Gasteiger partial charge is 0.378 e. The van der Waals surface area contributed by atoms with Gasteiger partial charge in [0.2, 0.25) is 0 Å². The Morgan fingerprint density at radius 1 is 1.20 bits per heavy atom. The molecule has 1 saturated heterocycles. The van der Waals surface area contributed by atoms with E-state index < -0.39 is 0 Å². The summed E-state index contributed by atoms with van der Waals surface area (Å²) in [6, 6.07) is 10.6. The molecule has 2 aromatic rings. The van der Waals surface area contributed by atoms with Crippen molar-refractivity contribution in [1.82, 2.24) is 15.2 Å². The maximum absolute atomic E-state index is 12.8. The molecule has 25 heavy (non-hydrogen) atoms. The smallest absolute Gasteiger partial charge is 0.255 e. The van der Waals surface area contributed by atoms with Crippen LogP contribution in [-0.2, 0) is 0 Å². The van der Waals surface area contributed by atoms with Crippen molar-refractivity contribution in [3.8, 4) is 11.1 Å². The molecular weight excluding hydrogens is 312 g/mol. The minimum absolute atomic E-state index is 0.0687. The second-order valence-electron chi connectivity index (χ2n) is 6.78. The van der Waals surface area contributed by atoms with Crippen LogP contribution in [-0.4, -0.2) is 56.1 Å². The van der Waals surface area contributed by atoms with Gasteiger partial charge in [0.1, 0.15) is 0 Å². The summed E-state index contributed by atoms with van der Waals surface area (Å²) in [5.41, 5.74) is 3.85. The molecule has 1 atom stereocenters. The Hall–Kier alpha value is -2.40. The van der Waals surface area contributed by atoms with E-state index in [2.05, 4.69) is 39.5 Å². The zero-order valence-corrected chi connectivity index (χ0v) is 15.2. The van der Waals surface area contributed by atoms with Gasteiger partial charge in [-0.2, -0.15) is 0 Å². The number of nitrogens with one attached hydrogen (secondary N) is 1. The average Bonchev–Trinajstić information content (AvgIpc) is 2.67. The van der Waals surface area contributed by atoms with Crippen molar-refractivity contribution >= 4 is 11.6 Å². The number of aromatic nitrogens is 1. The topological polar surface area (TPSA) is 48.5 Å². The Morgan fingerprint density at radius 3 is 2.64 bits per heavy atom. The zero-order valence-electron chi connectivity index (χ0n) is 15.2. The van der Waals surface area contributed by atoms with E-state index in [0.717, 1.165) is 42.7 Å². The summed E-state index contributed by atoms with van der Waals surface area (Å²) in [5, 5.41) is 3.28. The molecule has 0 radical (unpaired) electrons. The van der Waals surface area contributed by atoms with Crippen LogP contribution >= 0.6 is 0 Å². The first-order valence-electron chi connectivity index (χ1n) is 8.78. The molecule has 1 fully saturated rings. The van der Waals surface area contributed by atoms with Gasteiger partial charge in [-0.25, -0.2) is 0 Å². The minimum Gasteiger partial charge on any atom is -0.378 e. The van der Waals surface area contributed by atoms with Gasteiger partial charge in [0.05, 0.1) is 5.56 Å². The molecule has 1 aliphatic rings. The second-order valence-corrected chi connectivity index (χ2v) is 6.78. The first kappa shape index (κ1) is 17.4. The van der Waals surface area contributed by atoms with Crippen molar-refractivity contribution in [2.75, 3.05) is 39.1 Å². The van der Waals surface area contributed by atoms with Gasteiger partial charge in [0, 0.05) is 56.9 Å². The summed E-state index contributed by atoms with van der Waals surface area (Å²) in [4.78, 5) is 21.1. The summed E-state index contributed by atoms with van der Waals surface area (Å²) in [6.07, 6.45) is 5.64. The van der Waals surface area contributed by atoms with E-state index in [-0.39, 0.29) is 5.91 Å². The zero-order chi connectivity index (χ0) is 17.8. The van der Waals surface area contributed by atoms with Gasteiger partial charge in [-0.3, -0.25) is 9.78 Å². The lowest BCUT2D eigenvalue weighted by Gasteiger charge is -2.32. The molecule has 1 aliphatic heterocycles. The summed E-state index contributed by atoms with van der Waals surface area (Å²) in [6.45, 7) is 1.58.